The highest BCUT2D eigenvalue weighted by Crippen LogP contribution is 2.27. The van der Waals surface area contributed by atoms with Crippen molar-refractivity contribution in [3.05, 3.63) is 71.7 Å². The third kappa shape index (κ3) is 5.25. The summed E-state index contributed by atoms with van der Waals surface area (Å²) in [6.07, 6.45) is -0.173. The predicted molar refractivity (Wildman–Crippen MR) is 139 cm³/mol. The first-order valence-electron chi connectivity index (χ1n) is 12.5. The Bertz CT molecular complexity index is 1570. The molecule has 4 aromatic rings. The van der Waals surface area contributed by atoms with E-state index in [1.807, 2.05) is 36.1 Å². The van der Waals surface area contributed by atoms with Crippen LogP contribution in [0.5, 0.6) is 0 Å². The number of fused-ring (bicyclic) bond motifs is 1. The van der Waals surface area contributed by atoms with E-state index >= 15 is 0 Å². The molecule has 0 spiro atoms. The van der Waals surface area contributed by atoms with Crippen LogP contribution in [-0.4, -0.2) is 62.5 Å². The van der Waals surface area contributed by atoms with E-state index in [1.54, 1.807) is 28.9 Å². The molecule has 0 unspecified atom stereocenters. The number of alkyl halides is 4. The molecule has 1 atom stereocenters. The molecule has 0 bridgehead atoms. The van der Waals surface area contributed by atoms with Crippen LogP contribution >= 0.6 is 0 Å². The van der Waals surface area contributed by atoms with Gasteiger partial charge in [0, 0.05) is 43.6 Å². The second kappa shape index (κ2) is 10.8. The normalized spacial score (nSPS) is 14.7. The molecule has 1 aliphatic heterocycles. The van der Waals surface area contributed by atoms with Gasteiger partial charge in [-0.1, -0.05) is 18.2 Å². The minimum atomic E-state index is -4.86. The molecule has 5 rings (SSSR count). The van der Waals surface area contributed by atoms with Crippen LogP contribution in [-0.2, 0) is 11.5 Å². The first kappa shape index (κ1) is 26.9. The Hall–Kier alpha value is -4.73. The Morgan fingerprint density at radius 1 is 1.10 bits per heavy atom. The van der Waals surface area contributed by atoms with Gasteiger partial charge in [0.2, 0.25) is 5.95 Å². The topological polar surface area (TPSA) is 102 Å². The summed E-state index contributed by atoms with van der Waals surface area (Å²) < 4.78 is 53.2. The van der Waals surface area contributed by atoms with Gasteiger partial charge in [0.05, 0.1) is 29.7 Å². The van der Waals surface area contributed by atoms with Crippen LogP contribution in [0.4, 0.5) is 29.2 Å². The molecule has 13 heteroatoms. The summed E-state index contributed by atoms with van der Waals surface area (Å²) in [7, 11) is 0. The SMILES string of the molecule is C[C@H](Nc1ncc(C#N)c(-c2cnc3c(CF)cccn23)n1)c1ccc(N2CCN(C(=O)C(F)(F)F)CC2)cc1. The summed E-state index contributed by atoms with van der Waals surface area (Å²) in [5, 5.41) is 12.9. The number of hydrogen-bond acceptors (Lipinski definition) is 7. The molecule has 1 fully saturated rings. The molecule has 40 heavy (non-hydrogen) atoms. The number of pyridine rings is 1. The summed E-state index contributed by atoms with van der Waals surface area (Å²) in [4.78, 5) is 27.4. The second-order valence-corrected chi connectivity index (χ2v) is 9.31. The fourth-order valence-corrected chi connectivity index (χ4v) is 4.67. The molecule has 1 amide bonds. The zero-order valence-electron chi connectivity index (χ0n) is 21.4. The highest BCUT2D eigenvalue weighted by atomic mass is 19.4. The van der Waals surface area contributed by atoms with E-state index in [2.05, 4.69) is 26.3 Å². The number of aromatic nitrogens is 4. The molecule has 1 N–H and O–H groups in total. The smallest absolute Gasteiger partial charge is 0.368 e. The number of benzene rings is 1. The van der Waals surface area contributed by atoms with Crippen molar-refractivity contribution in [2.45, 2.75) is 25.8 Å². The first-order valence-corrected chi connectivity index (χ1v) is 12.5. The molecule has 0 saturated carbocycles. The van der Waals surface area contributed by atoms with Crippen molar-refractivity contribution < 1.29 is 22.4 Å². The summed E-state index contributed by atoms with van der Waals surface area (Å²) in [6.45, 7) is 1.84. The van der Waals surface area contributed by atoms with Gasteiger partial charge in [0.15, 0.2) is 0 Å². The third-order valence-electron chi connectivity index (χ3n) is 6.83. The van der Waals surface area contributed by atoms with Gasteiger partial charge in [-0.15, -0.1) is 0 Å². The monoisotopic (exact) mass is 552 g/mol. The third-order valence-corrected chi connectivity index (χ3v) is 6.83. The molecule has 206 valence electrons. The number of carbonyl (C=O) groups excluding carboxylic acids is 1. The van der Waals surface area contributed by atoms with Crippen molar-refractivity contribution in [1.29, 1.82) is 5.26 Å². The Kier molecular flexibility index (Phi) is 7.25. The van der Waals surface area contributed by atoms with E-state index in [4.69, 9.17) is 0 Å². The highest BCUT2D eigenvalue weighted by molar-refractivity contribution is 5.82. The van der Waals surface area contributed by atoms with Gasteiger partial charge in [0.1, 0.15) is 24.1 Å². The average molecular weight is 553 g/mol. The molecule has 0 aliphatic carbocycles. The molecular formula is C27H24F4N8O. The van der Waals surface area contributed by atoms with E-state index in [-0.39, 0.29) is 30.6 Å². The fourth-order valence-electron chi connectivity index (χ4n) is 4.67. The lowest BCUT2D eigenvalue weighted by Crippen LogP contribution is -2.52. The second-order valence-electron chi connectivity index (χ2n) is 9.31. The van der Waals surface area contributed by atoms with Crippen molar-refractivity contribution >= 4 is 23.2 Å². The number of rotatable bonds is 6. The molecule has 1 aromatic carbocycles. The molecule has 9 nitrogen and oxygen atoms in total. The molecule has 1 aliphatic rings. The Balaban J connectivity index is 1.29. The van der Waals surface area contributed by atoms with Gasteiger partial charge in [-0.05, 0) is 30.7 Å². The van der Waals surface area contributed by atoms with Crippen LogP contribution in [0.25, 0.3) is 17.0 Å². The number of nitrogens with zero attached hydrogens (tertiary/aromatic N) is 7. The highest BCUT2D eigenvalue weighted by Gasteiger charge is 2.43. The number of anilines is 2. The minimum absolute atomic E-state index is 0.00200. The minimum Gasteiger partial charge on any atom is -0.368 e. The van der Waals surface area contributed by atoms with Crippen LogP contribution in [0.15, 0.2) is 55.0 Å². The maximum atomic E-state index is 13.4. The van der Waals surface area contributed by atoms with Crippen LogP contribution in [0.3, 0.4) is 0 Å². The van der Waals surface area contributed by atoms with Crippen LogP contribution < -0.4 is 10.2 Å². The van der Waals surface area contributed by atoms with Crippen LogP contribution in [0, 0.1) is 11.3 Å². The van der Waals surface area contributed by atoms with E-state index in [1.165, 1.54) is 6.20 Å². The van der Waals surface area contributed by atoms with Gasteiger partial charge in [-0.3, -0.25) is 9.20 Å². The number of nitriles is 1. The van der Waals surface area contributed by atoms with Gasteiger partial charge < -0.3 is 15.1 Å². The summed E-state index contributed by atoms with van der Waals surface area (Å²) in [5.74, 6) is -1.52. The Labute approximate surface area is 226 Å². The molecular weight excluding hydrogens is 528 g/mol. The number of carbonyl (C=O) groups is 1. The van der Waals surface area contributed by atoms with Crippen LogP contribution in [0.2, 0.25) is 0 Å². The largest absolute Gasteiger partial charge is 0.471 e. The predicted octanol–water partition coefficient (Wildman–Crippen LogP) is 4.52. The zero-order valence-corrected chi connectivity index (χ0v) is 21.4. The number of hydrogen-bond donors (Lipinski definition) is 1. The lowest BCUT2D eigenvalue weighted by molar-refractivity contribution is -0.185. The molecule has 3 aromatic heterocycles. The molecule has 4 heterocycles. The van der Waals surface area contributed by atoms with Gasteiger partial charge in [-0.2, -0.15) is 18.4 Å². The van der Waals surface area contributed by atoms with Gasteiger partial charge in [-0.25, -0.2) is 19.3 Å². The Morgan fingerprint density at radius 3 is 2.48 bits per heavy atom. The van der Waals surface area contributed by atoms with Crippen molar-refractivity contribution in [2.75, 3.05) is 36.4 Å². The number of nitrogens with one attached hydrogen (secondary N) is 1. The van der Waals surface area contributed by atoms with E-state index in [9.17, 15) is 27.6 Å². The number of halogens is 4. The fraction of sp³-hybridized carbons (Fsp3) is 0.296. The standard InChI is InChI=1S/C27H24F4N8O/c1-17(18-4-6-21(7-5-18)37-9-11-38(12-10-37)25(40)27(29,30)31)35-26-34-15-20(14-32)23(36-26)22-16-33-24-19(13-28)3-2-8-39(22)24/h2-8,15-17H,9-13H2,1H3,(H,34,35,36)/t17-/m0/s1. The van der Waals surface area contributed by atoms with Crippen LogP contribution in [0.1, 0.15) is 29.7 Å². The first-order chi connectivity index (χ1) is 19.2. The maximum absolute atomic E-state index is 13.4. The summed E-state index contributed by atoms with van der Waals surface area (Å²) in [6, 6.07) is 12.8. The lowest BCUT2D eigenvalue weighted by Gasteiger charge is -2.36. The quantitative estimate of drug-likeness (QED) is 0.351. The number of amides is 1. The molecule has 1 saturated heterocycles. The summed E-state index contributed by atoms with van der Waals surface area (Å²) in [5.41, 5.74) is 3.74. The number of piperazine rings is 1. The van der Waals surface area contributed by atoms with E-state index in [0.717, 1.165) is 16.2 Å². The van der Waals surface area contributed by atoms with Crippen molar-refractivity contribution in [3.8, 4) is 17.5 Å². The maximum Gasteiger partial charge on any atom is 0.471 e. The average Bonchev–Trinajstić information content (AvgIpc) is 3.41. The Morgan fingerprint density at radius 2 is 1.82 bits per heavy atom. The van der Waals surface area contributed by atoms with Gasteiger partial charge in [0.25, 0.3) is 0 Å². The van der Waals surface area contributed by atoms with Crippen molar-refractivity contribution in [2.24, 2.45) is 0 Å². The lowest BCUT2D eigenvalue weighted by atomic mass is 10.1. The van der Waals surface area contributed by atoms with Gasteiger partial charge >= 0.3 is 12.1 Å². The molecule has 0 radical (unpaired) electrons. The van der Waals surface area contributed by atoms with E-state index < -0.39 is 18.8 Å². The zero-order chi connectivity index (χ0) is 28.4. The van der Waals surface area contributed by atoms with Crippen molar-refractivity contribution in [1.82, 2.24) is 24.3 Å². The number of imidazole rings is 1. The van der Waals surface area contributed by atoms with Crippen molar-refractivity contribution in [3.63, 3.8) is 0 Å². The van der Waals surface area contributed by atoms with E-state index in [0.29, 0.717) is 35.7 Å². The summed E-state index contributed by atoms with van der Waals surface area (Å²) >= 11 is 0.